The maximum atomic E-state index is 13.2. The molecular weight excluding hydrogens is 528 g/mol. The first kappa shape index (κ1) is 28.8. The number of nitrogens with zero attached hydrogens (tertiary/aromatic N) is 1. The van der Waals surface area contributed by atoms with Crippen molar-refractivity contribution in [3.8, 4) is 11.5 Å². The molecule has 0 heterocycles. The van der Waals surface area contributed by atoms with Gasteiger partial charge in [0, 0.05) is 18.8 Å². The highest BCUT2D eigenvalue weighted by atomic mass is 32.2. The average Bonchev–Trinajstić information content (AvgIpc) is 2.83. The summed E-state index contributed by atoms with van der Waals surface area (Å²) in [5, 5.41) is 2.49. The monoisotopic (exact) mass is 554 g/mol. The third-order valence-electron chi connectivity index (χ3n) is 5.22. The van der Waals surface area contributed by atoms with Gasteiger partial charge in [0.25, 0.3) is 0 Å². The molecule has 2 amide bonds. The van der Waals surface area contributed by atoms with Crippen LogP contribution in [-0.4, -0.2) is 33.0 Å². The highest BCUT2D eigenvalue weighted by molar-refractivity contribution is 7.87. The van der Waals surface area contributed by atoms with E-state index in [0.717, 1.165) is 36.4 Å². The van der Waals surface area contributed by atoms with Crippen LogP contribution in [0, 0.1) is 11.7 Å². The van der Waals surface area contributed by atoms with Crippen molar-refractivity contribution in [2.45, 2.75) is 31.5 Å². The summed E-state index contributed by atoms with van der Waals surface area (Å²) in [6, 6.07) is 12.2. The number of hydrogen-bond donors (Lipinski definition) is 1. The van der Waals surface area contributed by atoms with Gasteiger partial charge in [0.05, 0.1) is 12.7 Å². The van der Waals surface area contributed by atoms with Gasteiger partial charge >= 0.3 is 22.3 Å². The van der Waals surface area contributed by atoms with Crippen molar-refractivity contribution in [1.29, 1.82) is 0 Å². The predicted molar refractivity (Wildman–Crippen MR) is 133 cm³/mol. The Hall–Kier alpha value is -3.80. The molecule has 0 fully saturated rings. The molecule has 12 heteroatoms. The van der Waals surface area contributed by atoms with E-state index in [1.807, 2.05) is 13.8 Å². The number of hydrogen-bond acceptors (Lipinski definition) is 5. The molecule has 0 aliphatic rings. The largest absolute Gasteiger partial charge is 0.493 e. The highest BCUT2D eigenvalue weighted by Gasteiger charge is 2.30. The van der Waals surface area contributed by atoms with Crippen molar-refractivity contribution in [1.82, 2.24) is 4.90 Å². The van der Waals surface area contributed by atoms with E-state index in [2.05, 4.69) is 5.32 Å². The standard InChI is InChI=1S/C26H26F4N2O5S/c1-17(2)15-32(25(33)31-21-6-4-5-19(14-21)26(28,29)30)16-18-7-12-23(36-3)24(13-18)37-38(34,35)22-10-8-20(27)9-11-22/h4-14,17H,15-16H2,1-3H3,(H,31,33). The van der Waals surface area contributed by atoms with E-state index in [1.165, 1.54) is 36.3 Å². The SMILES string of the molecule is COc1ccc(CN(CC(C)C)C(=O)Nc2cccc(C(F)(F)F)c2)cc1OS(=O)(=O)c1ccc(F)cc1. The summed E-state index contributed by atoms with van der Waals surface area (Å²) in [7, 11) is -3.01. The summed E-state index contributed by atoms with van der Waals surface area (Å²) in [6.07, 6.45) is -4.56. The second-order valence-electron chi connectivity index (χ2n) is 8.76. The van der Waals surface area contributed by atoms with Gasteiger partial charge in [-0.15, -0.1) is 0 Å². The first-order valence-electron chi connectivity index (χ1n) is 11.4. The summed E-state index contributed by atoms with van der Waals surface area (Å²) in [6.45, 7) is 3.96. The van der Waals surface area contributed by atoms with Crippen LogP contribution in [0.25, 0.3) is 0 Å². The molecular formula is C26H26F4N2O5S. The minimum absolute atomic E-state index is 0.00934. The van der Waals surface area contributed by atoms with E-state index in [9.17, 15) is 30.8 Å². The highest BCUT2D eigenvalue weighted by Crippen LogP contribution is 2.32. The summed E-state index contributed by atoms with van der Waals surface area (Å²) in [5.41, 5.74) is -0.456. The number of halogens is 4. The number of alkyl halides is 3. The Morgan fingerprint density at radius 1 is 1.00 bits per heavy atom. The van der Waals surface area contributed by atoms with E-state index >= 15 is 0 Å². The zero-order valence-electron chi connectivity index (χ0n) is 20.8. The van der Waals surface area contributed by atoms with Crippen molar-refractivity contribution >= 4 is 21.8 Å². The fourth-order valence-corrected chi connectivity index (χ4v) is 4.44. The van der Waals surface area contributed by atoms with Gasteiger partial charge in [0.15, 0.2) is 11.5 Å². The lowest BCUT2D eigenvalue weighted by Crippen LogP contribution is -2.37. The number of ether oxygens (including phenoxy) is 1. The van der Waals surface area contributed by atoms with Crippen molar-refractivity contribution < 1.29 is 39.7 Å². The predicted octanol–water partition coefficient (Wildman–Crippen LogP) is 6.31. The van der Waals surface area contributed by atoms with Gasteiger partial charge in [-0.3, -0.25) is 0 Å². The molecule has 0 aromatic heterocycles. The molecule has 204 valence electrons. The fourth-order valence-electron chi connectivity index (χ4n) is 3.51. The molecule has 7 nitrogen and oxygen atoms in total. The topological polar surface area (TPSA) is 84.9 Å². The van der Waals surface area contributed by atoms with Gasteiger partial charge in [-0.2, -0.15) is 21.6 Å². The zero-order valence-corrected chi connectivity index (χ0v) is 21.6. The lowest BCUT2D eigenvalue weighted by Gasteiger charge is -2.25. The molecule has 0 saturated carbocycles. The minimum atomic E-state index is -4.56. The maximum Gasteiger partial charge on any atom is 0.416 e. The Kier molecular flexibility index (Phi) is 8.87. The second-order valence-corrected chi connectivity index (χ2v) is 10.3. The first-order chi connectivity index (χ1) is 17.8. The molecule has 3 aromatic carbocycles. The average molecular weight is 555 g/mol. The van der Waals surface area contributed by atoms with Crippen LogP contribution in [0.2, 0.25) is 0 Å². The Morgan fingerprint density at radius 2 is 1.68 bits per heavy atom. The number of amides is 2. The van der Waals surface area contributed by atoms with Gasteiger partial charge in [-0.1, -0.05) is 26.0 Å². The van der Waals surface area contributed by atoms with Crippen LogP contribution >= 0.6 is 0 Å². The summed E-state index contributed by atoms with van der Waals surface area (Å²) in [4.78, 5) is 14.1. The number of benzene rings is 3. The lowest BCUT2D eigenvalue weighted by molar-refractivity contribution is -0.137. The molecule has 0 radical (unpaired) electrons. The summed E-state index contributed by atoms with van der Waals surface area (Å²) < 4.78 is 88.3. The van der Waals surface area contributed by atoms with Gasteiger partial charge in [0.2, 0.25) is 0 Å². The number of anilines is 1. The summed E-state index contributed by atoms with van der Waals surface area (Å²) >= 11 is 0. The summed E-state index contributed by atoms with van der Waals surface area (Å²) in [5.74, 6) is -0.660. The molecule has 3 rings (SSSR count). The van der Waals surface area contributed by atoms with Crippen LogP contribution in [0.4, 0.5) is 28.0 Å². The van der Waals surface area contributed by atoms with Crippen LogP contribution < -0.4 is 14.2 Å². The van der Waals surface area contributed by atoms with Gasteiger partial charge in [0.1, 0.15) is 10.7 Å². The fraction of sp³-hybridized carbons (Fsp3) is 0.269. The van der Waals surface area contributed by atoms with Crippen LogP contribution in [0.15, 0.2) is 71.6 Å². The van der Waals surface area contributed by atoms with E-state index < -0.39 is 33.7 Å². The molecule has 0 atom stereocenters. The molecule has 0 spiro atoms. The van der Waals surface area contributed by atoms with Gasteiger partial charge in [-0.25, -0.2) is 9.18 Å². The number of nitrogens with one attached hydrogen (secondary N) is 1. The number of carbonyl (C=O) groups is 1. The van der Waals surface area contributed by atoms with E-state index in [1.54, 1.807) is 6.07 Å². The Labute approximate surface area is 218 Å². The molecule has 38 heavy (non-hydrogen) atoms. The number of carbonyl (C=O) groups excluding carboxylic acids is 1. The van der Waals surface area contributed by atoms with Crippen molar-refractivity contribution in [3.05, 3.63) is 83.7 Å². The van der Waals surface area contributed by atoms with Gasteiger partial charge in [-0.05, 0) is 66.1 Å². The minimum Gasteiger partial charge on any atom is -0.493 e. The molecule has 0 unspecified atom stereocenters. The third kappa shape index (κ3) is 7.60. The quantitative estimate of drug-likeness (QED) is 0.248. The van der Waals surface area contributed by atoms with Gasteiger partial charge < -0.3 is 19.1 Å². The van der Waals surface area contributed by atoms with Crippen LogP contribution in [0.1, 0.15) is 25.0 Å². The van der Waals surface area contributed by atoms with Crippen LogP contribution in [0.5, 0.6) is 11.5 Å². The maximum absolute atomic E-state index is 13.2. The molecule has 0 aliphatic heterocycles. The number of methoxy groups -OCH3 is 1. The zero-order chi connectivity index (χ0) is 28.1. The first-order valence-corrected chi connectivity index (χ1v) is 12.8. The van der Waals surface area contributed by atoms with Crippen LogP contribution in [-0.2, 0) is 22.8 Å². The van der Waals surface area contributed by atoms with E-state index in [4.69, 9.17) is 8.92 Å². The third-order valence-corrected chi connectivity index (χ3v) is 6.47. The molecule has 0 bridgehead atoms. The smallest absolute Gasteiger partial charge is 0.416 e. The Balaban J connectivity index is 1.85. The Bertz CT molecular complexity index is 1380. The van der Waals surface area contributed by atoms with Crippen LogP contribution in [0.3, 0.4) is 0 Å². The van der Waals surface area contributed by atoms with E-state index in [-0.39, 0.29) is 41.1 Å². The number of rotatable bonds is 9. The second kappa shape index (κ2) is 11.7. The van der Waals surface area contributed by atoms with Crippen molar-refractivity contribution in [2.75, 3.05) is 19.0 Å². The molecule has 0 aliphatic carbocycles. The van der Waals surface area contributed by atoms with Crippen molar-refractivity contribution in [2.24, 2.45) is 5.92 Å². The normalized spacial score (nSPS) is 11.8. The van der Waals surface area contributed by atoms with E-state index in [0.29, 0.717) is 5.56 Å². The number of urea groups is 1. The molecule has 3 aromatic rings. The molecule has 0 saturated heterocycles. The van der Waals surface area contributed by atoms with Crippen molar-refractivity contribution in [3.63, 3.8) is 0 Å². The Morgan fingerprint density at radius 3 is 2.29 bits per heavy atom. The molecule has 1 N–H and O–H groups in total. The lowest BCUT2D eigenvalue weighted by atomic mass is 10.1.